The van der Waals surface area contributed by atoms with Crippen LogP contribution in [0.3, 0.4) is 0 Å². The number of hydrogen-bond donors (Lipinski definition) is 0. The molecule has 4 saturated heterocycles. The standard InChI is InChI=1S/C33H36F2N4O.C28H34F2N4O/c1-36-18-20-38(21-19-36)31(40)23-39-30-13-6-5-10-26(30)27(33(39)25-8-3-2-4-9-25)22-37-16-14-24(15-17-37)32-28(34)11-7-12-29(32)35;1-20-23(18-32-12-10-21(11-13-32)28-24(29)7-5-8-25(28)30)22-6-3-4-9-26(22)34(20)19-27(35)33-16-14-31(2)15-17-33/h2-13,24H,14-23H2,1H3;3-9,21H,10-19H2,1-2H3. The monoisotopic (exact) mass is 1020 g/mol. The third-order valence-corrected chi connectivity index (χ3v) is 16.5. The molecule has 0 atom stereocenters. The molecule has 394 valence electrons. The van der Waals surface area contributed by atoms with Gasteiger partial charge in [-0.25, -0.2) is 17.6 Å². The molecule has 0 aliphatic carbocycles. The topological polar surface area (TPSA) is 63.4 Å². The van der Waals surface area contributed by atoms with Crippen LogP contribution in [-0.2, 0) is 35.8 Å². The maximum absolute atomic E-state index is 14.5. The Bertz CT molecular complexity index is 3070. The predicted octanol–water partition coefficient (Wildman–Crippen LogP) is 10.1. The Balaban J connectivity index is 0.000000173. The average Bonchev–Trinajstić information content (AvgIpc) is 3.86. The van der Waals surface area contributed by atoms with Crippen LogP contribution in [0.5, 0.6) is 0 Å². The van der Waals surface area contributed by atoms with Gasteiger partial charge in [-0.1, -0.05) is 78.9 Å². The molecule has 0 N–H and O–H groups in total. The first kappa shape index (κ1) is 52.1. The van der Waals surface area contributed by atoms with Gasteiger partial charge in [-0.05, 0) is 138 Å². The second-order valence-electron chi connectivity index (χ2n) is 21.2. The van der Waals surface area contributed by atoms with E-state index in [4.69, 9.17) is 0 Å². The van der Waals surface area contributed by atoms with Crippen molar-refractivity contribution in [1.29, 1.82) is 0 Å². The van der Waals surface area contributed by atoms with Gasteiger partial charge in [0.2, 0.25) is 11.8 Å². The summed E-state index contributed by atoms with van der Waals surface area (Å²) in [5.41, 5.74) is 8.33. The zero-order valence-corrected chi connectivity index (χ0v) is 43.7. The number of benzene rings is 5. The highest BCUT2D eigenvalue weighted by Gasteiger charge is 2.31. The summed E-state index contributed by atoms with van der Waals surface area (Å²) in [6.07, 6.45) is 2.88. The smallest absolute Gasteiger partial charge is 0.242 e. The fourth-order valence-corrected chi connectivity index (χ4v) is 12.1. The highest BCUT2D eigenvalue weighted by molar-refractivity contribution is 5.93. The Morgan fingerprint density at radius 3 is 1.31 bits per heavy atom. The molecular formula is C61H70F4N8O2. The Morgan fingerprint density at radius 1 is 0.453 bits per heavy atom. The highest BCUT2D eigenvalue weighted by Crippen LogP contribution is 2.38. The molecule has 75 heavy (non-hydrogen) atoms. The maximum atomic E-state index is 14.5. The molecule has 11 rings (SSSR count). The van der Waals surface area contributed by atoms with E-state index in [0.717, 1.165) is 131 Å². The third-order valence-electron chi connectivity index (χ3n) is 16.5. The first-order chi connectivity index (χ1) is 36.4. The molecule has 4 fully saturated rings. The van der Waals surface area contributed by atoms with Crippen molar-refractivity contribution in [1.82, 2.24) is 38.5 Å². The van der Waals surface area contributed by atoms with E-state index in [9.17, 15) is 27.2 Å². The molecule has 10 nitrogen and oxygen atoms in total. The summed E-state index contributed by atoms with van der Waals surface area (Å²) in [5.74, 6) is -1.66. The minimum absolute atomic E-state index is 0.0869. The second kappa shape index (κ2) is 23.3. The molecule has 0 radical (unpaired) electrons. The van der Waals surface area contributed by atoms with Crippen LogP contribution in [0.15, 0.2) is 115 Å². The van der Waals surface area contributed by atoms with E-state index in [0.29, 0.717) is 32.5 Å². The summed E-state index contributed by atoms with van der Waals surface area (Å²) in [6.45, 7) is 14.0. The van der Waals surface area contributed by atoms with Crippen LogP contribution >= 0.6 is 0 Å². The van der Waals surface area contributed by atoms with Crippen LogP contribution in [0.2, 0.25) is 0 Å². The van der Waals surface area contributed by atoms with E-state index < -0.39 is 23.3 Å². The van der Waals surface area contributed by atoms with Crippen LogP contribution in [0.25, 0.3) is 33.1 Å². The van der Waals surface area contributed by atoms with Crippen LogP contribution in [0.1, 0.15) is 65.5 Å². The highest BCUT2D eigenvalue weighted by atomic mass is 19.1. The molecule has 4 aliphatic heterocycles. The van der Waals surface area contributed by atoms with Gasteiger partial charge in [0.05, 0.1) is 5.69 Å². The van der Waals surface area contributed by atoms with Crippen LogP contribution in [0.4, 0.5) is 17.6 Å². The molecule has 14 heteroatoms. The number of carbonyl (C=O) groups is 2. The van der Waals surface area contributed by atoms with Crippen molar-refractivity contribution in [2.45, 2.75) is 70.6 Å². The molecule has 0 unspecified atom stereocenters. The van der Waals surface area contributed by atoms with Gasteiger partial charge in [-0.15, -0.1) is 0 Å². The number of nitrogens with zero attached hydrogens (tertiary/aromatic N) is 8. The number of carbonyl (C=O) groups excluding carboxylic acids is 2. The van der Waals surface area contributed by atoms with Crippen LogP contribution < -0.4 is 0 Å². The molecular weight excluding hydrogens is 953 g/mol. The van der Waals surface area contributed by atoms with Crippen molar-refractivity contribution in [3.63, 3.8) is 0 Å². The predicted molar refractivity (Wildman–Crippen MR) is 289 cm³/mol. The van der Waals surface area contributed by atoms with Crippen molar-refractivity contribution < 1.29 is 27.2 Å². The summed E-state index contributed by atoms with van der Waals surface area (Å²) in [4.78, 5) is 39.9. The molecule has 0 spiro atoms. The van der Waals surface area contributed by atoms with Gasteiger partial charge < -0.3 is 28.7 Å². The van der Waals surface area contributed by atoms with E-state index in [1.54, 1.807) is 0 Å². The molecule has 2 amide bonds. The number of rotatable bonds is 11. The maximum Gasteiger partial charge on any atom is 0.242 e. The van der Waals surface area contributed by atoms with Gasteiger partial charge in [0.1, 0.15) is 36.4 Å². The minimum atomic E-state index is -0.446. The zero-order chi connectivity index (χ0) is 52.2. The first-order valence-corrected chi connectivity index (χ1v) is 26.9. The van der Waals surface area contributed by atoms with Gasteiger partial charge >= 0.3 is 0 Å². The largest absolute Gasteiger partial charge is 0.339 e. The number of hydrogen-bond acceptors (Lipinski definition) is 6. The van der Waals surface area contributed by atoms with E-state index in [1.807, 2.05) is 46.2 Å². The number of halogens is 4. The van der Waals surface area contributed by atoms with E-state index in [-0.39, 0.29) is 34.8 Å². The van der Waals surface area contributed by atoms with Gasteiger partial charge in [-0.2, -0.15) is 0 Å². The van der Waals surface area contributed by atoms with Crippen molar-refractivity contribution in [2.75, 3.05) is 92.6 Å². The molecule has 6 heterocycles. The van der Waals surface area contributed by atoms with Crippen molar-refractivity contribution in [2.24, 2.45) is 0 Å². The Morgan fingerprint density at radius 2 is 0.840 bits per heavy atom. The normalized spacial score (nSPS) is 18.0. The molecule has 4 aliphatic rings. The second-order valence-corrected chi connectivity index (χ2v) is 21.2. The van der Waals surface area contributed by atoms with E-state index in [1.165, 1.54) is 52.9 Å². The molecule has 7 aromatic rings. The number of piperazine rings is 2. The molecule has 5 aromatic carbocycles. The van der Waals surface area contributed by atoms with Gasteiger partial charge in [0, 0.05) is 104 Å². The fraction of sp³-hybridized carbons (Fsp3) is 0.410. The lowest BCUT2D eigenvalue weighted by Crippen LogP contribution is -2.48. The summed E-state index contributed by atoms with van der Waals surface area (Å²) in [7, 11) is 4.18. The number of likely N-dealkylation sites (tertiary alicyclic amines) is 2. The van der Waals surface area contributed by atoms with E-state index >= 15 is 0 Å². The van der Waals surface area contributed by atoms with Crippen LogP contribution in [-0.4, -0.2) is 143 Å². The lowest BCUT2D eigenvalue weighted by atomic mass is 9.88. The van der Waals surface area contributed by atoms with Crippen molar-refractivity contribution >= 4 is 33.6 Å². The Labute approximate surface area is 438 Å². The molecule has 2 aromatic heterocycles. The van der Waals surface area contributed by atoms with Crippen molar-refractivity contribution in [3.8, 4) is 11.3 Å². The zero-order valence-electron chi connectivity index (χ0n) is 43.7. The third kappa shape index (κ3) is 11.5. The number of para-hydroxylation sites is 2. The lowest BCUT2D eigenvalue weighted by Gasteiger charge is -2.33. The minimum Gasteiger partial charge on any atom is -0.339 e. The number of amides is 2. The van der Waals surface area contributed by atoms with Gasteiger partial charge in [-0.3, -0.25) is 19.4 Å². The van der Waals surface area contributed by atoms with Crippen LogP contribution in [0, 0.1) is 30.2 Å². The van der Waals surface area contributed by atoms with E-state index in [2.05, 4.69) is 92.2 Å². The fourth-order valence-electron chi connectivity index (χ4n) is 12.1. The summed E-state index contributed by atoms with van der Waals surface area (Å²) < 4.78 is 61.8. The molecule has 0 bridgehead atoms. The average molecular weight is 1020 g/mol. The SMILES string of the molecule is CN1CCN(C(=O)Cn2c(-c3ccccc3)c(CN3CCC(c4c(F)cccc4F)CC3)c3ccccc32)CC1.Cc1c(CN2CCC(c3c(F)cccc3F)CC2)c2ccccc2n1CC(=O)N1CCN(C)CC1. The quantitative estimate of drug-likeness (QED) is 0.120. The lowest BCUT2D eigenvalue weighted by molar-refractivity contribution is -0.134. The summed E-state index contributed by atoms with van der Waals surface area (Å²) >= 11 is 0. The molecule has 0 saturated carbocycles. The van der Waals surface area contributed by atoms with Gasteiger partial charge in [0.15, 0.2) is 0 Å². The summed E-state index contributed by atoms with van der Waals surface area (Å²) in [5, 5.41) is 2.33. The first-order valence-electron chi connectivity index (χ1n) is 26.9. The summed E-state index contributed by atoms with van der Waals surface area (Å²) in [6, 6.07) is 35.2. The Hall–Kier alpha value is -6.32. The number of aromatic nitrogens is 2. The number of fused-ring (bicyclic) bond motifs is 2. The van der Waals surface area contributed by atoms with Crippen molar-refractivity contribution in [3.05, 3.63) is 166 Å². The van der Waals surface area contributed by atoms with Gasteiger partial charge in [0.25, 0.3) is 0 Å². The number of likely N-dealkylation sites (N-methyl/N-ethyl adjacent to an activating group) is 2. The Kier molecular flexibility index (Phi) is 16.2. The number of piperidine rings is 2.